The number of carbonyl (C=O) groups is 1. The summed E-state index contributed by atoms with van der Waals surface area (Å²) < 4.78 is 31.4. The molecule has 1 amide bonds. The Bertz CT molecular complexity index is 1030. The molecule has 9 nitrogen and oxygen atoms in total. The Balaban J connectivity index is 1.36. The Hall–Kier alpha value is -2.75. The number of amides is 1. The Morgan fingerprint density at radius 1 is 1.27 bits per heavy atom. The summed E-state index contributed by atoms with van der Waals surface area (Å²) in [4.78, 5) is 11.8. The summed E-state index contributed by atoms with van der Waals surface area (Å²) in [6.45, 7) is 3.80. The van der Waals surface area contributed by atoms with E-state index in [9.17, 15) is 13.2 Å². The van der Waals surface area contributed by atoms with Crippen molar-refractivity contribution in [2.45, 2.75) is 57.6 Å². The molecule has 0 bridgehead atoms. The van der Waals surface area contributed by atoms with Gasteiger partial charge in [0.25, 0.3) is 0 Å². The third-order valence-electron chi connectivity index (χ3n) is 5.39. The minimum absolute atomic E-state index is 0.0553. The lowest BCUT2D eigenvalue weighted by molar-refractivity contribution is 0.0981. The minimum Gasteiger partial charge on any atom is -0.446 e. The van der Waals surface area contributed by atoms with E-state index >= 15 is 0 Å². The second-order valence-electron chi connectivity index (χ2n) is 8.21. The van der Waals surface area contributed by atoms with Crippen molar-refractivity contribution < 1.29 is 17.9 Å². The van der Waals surface area contributed by atoms with Gasteiger partial charge in [0.1, 0.15) is 6.10 Å². The fourth-order valence-corrected chi connectivity index (χ4v) is 5.07. The Morgan fingerprint density at radius 3 is 2.90 bits per heavy atom. The molecule has 162 valence electrons. The van der Waals surface area contributed by atoms with E-state index in [4.69, 9.17) is 4.74 Å². The lowest BCUT2D eigenvalue weighted by atomic mass is 10.0. The highest BCUT2D eigenvalue weighted by atomic mass is 32.2. The van der Waals surface area contributed by atoms with E-state index in [-0.39, 0.29) is 29.9 Å². The first kappa shape index (κ1) is 20.5. The van der Waals surface area contributed by atoms with E-state index < -0.39 is 10.0 Å². The fourth-order valence-electron chi connectivity index (χ4n) is 3.95. The molecule has 0 radical (unpaired) electrons. The highest BCUT2D eigenvalue weighted by Gasteiger charge is 2.30. The molecule has 1 saturated carbocycles. The van der Waals surface area contributed by atoms with Gasteiger partial charge in [-0.1, -0.05) is 0 Å². The van der Waals surface area contributed by atoms with Crippen LogP contribution in [0.3, 0.4) is 0 Å². The van der Waals surface area contributed by atoms with Crippen LogP contribution >= 0.6 is 0 Å². The molecule has 10 heteroatoms. The molecule has 30 heavy (non-hydrogen) atoms. The molecule has 1 fully saturated rings. The molecule has 1 aliphatic heterocycles. The number of sulfonamides is 1. The number of hydrogen-bond acceptors (Lipinski definition) is 6. The monoisotopic (exact) mass is 433 g/mol. The van der Waals surface area contributed by atoms with E-state index in [1.54, 1.807) is 6.07 Å². The van der Waals surface area contributed by atoms with Gasteiger partial charge in [-0.3, -0.25) is 9.82 Å². The molecule has 2 atom stereocenters. The summed E-state index contributed by atoms with van der Waals surface area (Å²) in [5, 5.41) is 13.5. The van der Waals surface area contributed by atoms with Gasteiger partial charge >= 0.3 is 6.09 Å². The normalized spacial score (nSPS) is 22.2. The third-order valence-corrected chi connectivity index (χ3v) is 6.66. The molecular formula is C20H27N5O4S. The zero-order chi connectivity index (χ0) is 21.3. The topological polar surface area (TPSA) is 125 Å². The second kappa shape index (κ2) is 8.17. The number of hydrogen-bond donors (Lipinski definition) is 4. The van der Waals surface area contributed by atoms with Crippen LogP contribution in [0.1, 0.15) is 50.3 Å². The molecular weight excluding hydrogens is 406 g/mol. The predicted molar refractivity (Wildman–Crippen MR) is 115 cm³/mol. The maximum Gasteiger partial charge on any atom is 0.407 e. The van der Waals surface area contributed by atoms with Gasteiger partial charge in [0, 0.05) is 29.4 Å². The Kier molecular flexibility index (Phi) is 5.59. The first-order chi connectivity index (χ1) is 14.3. The third kappa shape index (κ3) is 4.86. The molecule has 2 aliphatic rings. The highest BCUT2D eigenvalue weighted by Crippen LogP contribution is 2.36. The average Bonchev–Trinajstić information content (AvgIpc) is 3.30. The number of benzene rings is 1. The highest BCUT2D eigenvalue weighted by molar-refractivity contribution is 7.92. The lowest BCUT2D eigenvalue weighted by Crippen LogP contribution is -2.33. The smallest absolute Gasteiger partial charge is 0.407 e. The van der Waals surface area contributed by atoms with Crippen LogP contribution in [-0.2, 0) is 21.2 Å². The molecule has 2 heterocycles. The van der Waals surface area contributed by atoms with Crippen molar-refractivity contribution in [1.82, 2.24) is 15.5 Å². The van der Waals surface area contributed by atoms with Crippen LogP contribution in [0.4, 0.5) is 22.0 Å². The van der Waals surface area contributed by atoms with Crippen LogP contribution in [0.15, 0.2) is 24.3 Å². The number of anilines is 3. The zero-order valence-electron chi connectivity index (χ0n) is 17.1. The van der Waals surface area contributed by atoms with E-state index in [0.717, 1.165) is 36.2 Å². The van der Waals surface area contributed by atoms with Gasteiger partial charge in [-0.05, 0) is 63.3 Å². The molecule has 0 spiro atoms. The van der Waals surface area contributed by atoms with E-state index in [0.29, 0.717) is 17.9 Å². The van der Waals surface area contributed by atoms with Crippen LogP contribution in [0.5, 0.6) is 0 Å². The number of nitrogens with one attached hydrogen (secondary N) is 4. The van der Waals surface area contributed by atoms with Gasteiger partial charge in [-0.25, -0.2) is 13.2 Å². The van der Waals surface area contributed by atoms with Crippen molar-refractivity contribution in [2.75, 3.05) is 15.8 Å². The minimum atomic E-state index is -3.22. The summed E-state index contributed by atoms with van der Waals surface area (Å²) in [7, 11) is -3.22. The SMILES string of the molecule is CC(C)NC(=O)O[C@@H]1CC[C@H](c2cc(Nc3ccc4c(c3)CCS(=O)(=O)N4)n[nH]2)C1. The van der Waals surface area contributed by atoms with Gasteiger partial charge in [0.2, 0.25) is 10.0 Å². The molecule has 4 N–H and O–H groups in total. The summed E-state index contributed by atoms with van der Waals surface area (Å²) in [6.07, 6.45) is 2.57. The molecule has 1 aliphatic carbocycles. The molecule has 1 aromatic heterocycles. The maximum absolute atomic E-state index is 11.8. The number of aromatic amines is 1. The number of carbonyl (C=O) groups excluding carboxylic acids is 1. The van der Waals surface area contributed by atoms with Gasteiger partial charge in [0.05, 0.1) is 11.4 Å². The van der Waals surface area contributed by atoms with Crippen LogP contribution in [0.25, 0.3) is 0 Å². The van der Waals surface area contributed by atoms with Crippen LogP contribution in [0, 0.1) is 0 Å². The van der Waals surface area contributed by atoms with Gasteiger partial charge in [-0.2, -0.15) is 5.10 Å². The summed E-state index contributed by atoms with van der Waals surface area (Å²) >= 11 is 0. The number of rotatable bonds is 5. The Morgan fingerprint density at radius 2 is 2.10 bits per heavy atom. The quantitative estimate of drug-likeness (QED) is 0.574. The summed E-state index contributed by atoms with van der Waals surface area (Å²) in [5.74, 6) is 1.06. The van der Waals surface area contributed by atoms with Crippen molar-refractivity contribution in [1.29, 1.82) is 0 Å². The molecule has 2 aromatic rings. The first-order valence-electron chi connectivity index (χ1n) is 10.2. The van der Waals surface area contributed by atoms with Crippen LogP contribution in [0.2, 0.25) is 0 Å². The molecule has 4 rings (SSSR count). The first-order valence-corrected chi connectivity index (χ1v) is 11.9. The van der Waals surface area contributed by atoms with Gasteiger partial charge in [0.15, 0.2) is 5.82 Å². The fraction of sp³-hybridized carbons (Fsp3) is 0.500. The largest absolute Gasteiger partial charge is 0.446 e. The standard InChI is InChI=1S/C20H27N5O4S/c1-12(2)21-20(26)29-16-5-3-13(10-16)18-11-19(24-23-18)22-15-4-6-17-14(9-15)7-8-30(27,28)25-17/h4,6,9,11-13,16,25H,3,5,7-8,10H2,1-2H3,(H,21,26)(H2,22,23,24)/t13-,16+/m0/s1. The van der Waals surface area contributed by atoms with Crippen molar-refractivity contribution in [3.63, 3.8) is 0 Å². The zero-order valence-corrected chi connectivity index (χ0v) is 17.9. The van der Waals surface area contributed by atoms with E-state index in [2.05, 4.69) is 25.6 Å². The van der Waals surface area contributed by atoms with Crippen molar-refractivity contribution >= 4 is 33.3 Å². The number of aromatic nitrogens is 2. The summed E-state index contributed by atoms with van der Waals surface area (Å²) in [6, 6.07) is 7.57. The lowest BCUT2D eigenvalue weighted by Gasteiger charge is -2.19. The number of alkyl carbamates (subject to hydrolysis) is 1. The number of nitrogens with zero attached hydrogens (tertiary/aromatic N) is 1. The van der Waals surface area contributed by atoms with Crippen LogP contribution < -0.4 is 15.4 Å². The maximum atomic E-state index is 11.8. The van der Waals surface area contributed by atoms with E-state index in [1.807, 2.05) is 32.0 Å². The number of ether oxygens (including phenoxy) is 1. The number of fused-ring (bicyclic) bond motifs is 1. The molecule has 0 unspecified atom stereocenters. The van der Waals surface area contributed by atoms with Gasteiger partial charge in [-0.15, -0.1) is 0 Å². The van der Waals surface area contributed by atoms with Crippen LogP contribution in [-0.4, -0.2) is 42.6 Å². The average molecular weight is 434 g/mol. The number of aryl methyl sites for hydroxylation is 1. The molecule has 1 aromatic carbocycles. The van der Waals surface area contributed by atoms with E-state index in [1.165, 1.54) is 0 Å². The van der Waals surface area contributed by atoms with Crippen molar-refractivity contribution in [3.05, 3.63) is 35.5 Å². The number of H-pyrrole nitrogens is 1. The second-order valence-corrected chi connectivity index (χ2v) is 10.1. The van der Waals surface area contributed by atoms with Crippen molar-refractivity contribution in [3.8, 4) is 0 Å². The Labute approximate surface area is 176 Å². The van der Waals surface area contributed by atoms with Gasteiger partial charge < -0.3 is 15.4 Å². The predicted octanol–water partition coefficient (Wildman–Crippen LogP) is 3.22. The van der Waals surface area contributed by atoms with Crippen molar-refractivity contribution in [2.24, 2.45) is 0 Å². The summed E-state index contributed by atoms with van der Waals surface area (Å²) in [5.41, 5.74) is 3.46. The molecule has 0 saturated heterocycles.